The molecule has 244 valence electrons. The van der Waals surface area contributed by atoms with Crippen molar-refractivity contribution in [2.75, 3.05) is 24.3 Å². The number of anilines is 2. The largest absolute Gasteiger partial charge is 0.480 e. The van der Waals surface area contributed by atoms with Gasteiger partial charge in [0.1, 0.15) is 29.3 Å². The Morgan fingerprint density at radius 3 is 2.28 bits per heavy atom. The molecule has 0 bridgehead atoms. The topological polar surface area (TPSA) is 117 Å². The third-order valence-corrected chi connectivity index (χ3v) is 7.76. The summed E-state index contributed by atoms with van der Waals surface area (Å²) in [5.41, 5.74) is 1.25. The zero-order chi connectivity index (χ0) is 34.1. The Labute approximate surface area is 260 Å². The second-order valence-corrected chi connectivity index (χ2v) is 11.0. The first-order valence-corrected chi connectivity index (χ1v) is 14.2. The lowest BCUT2D eigenvalue weighted by Crippen LogP contribution is -2.43. The van der Waals surface area contributed by atoms with Crippen molar-refractivity contribution >= 4 is 34.2 Å². The van der Waals surface area contributed by atoms with E-state index in [1.165, 1.54) is 17.7 Å². The number of carbonyl (C=O) groups excluding carboxylic acids is 1. The number of carboxylic acid groups (broad SMARTS) is 1. The standard InChI is InChI=1S/C32H32F5N5O4/c1-6-26(32(35,36)37)39-18-13-22(33)27(23(34)14-18)29(43)40-24(31(45)46)12-17-9-10-20(28-19(17)8-7-11-38-28)21-15-25(41(3)4)16(2)42(5)30(21)44/h7-11,13-15,24,26,39H,6,12H2,1-5H3,(H,40,43)(H,45,46)/t24-,26+/m0/s1. The second kappa shape index (κ2) is 13.2. The molecule has 0 radical (unpaired) electrons. The minimum absolute atomic E-state index is 0.271. The molecule has 14 heteroatoms. The lowest BCUT2D eigenvalue weighted by atomic mass is 9.95. The van der Waals surface area contributed by atoms with Crippen molar-refractivity contribution in [3.63, 3.8) is 0 Å². The smallest absolute Gasteiger partial charge is 0.408 e. The molecule has 4 rings (SSSR count). The number of hydrogen-bond donors (Lipinski definition) is 3. The number of aromatic nitrogens is 2. The zero-order valence-corrected chi connectivity index (χ0v) is 25.6. The van der Waals surface area contributed by atoms with Gasteiger partial charge in [-0.3, -0.25) is 14.6 Å². The molecule has 1 amide bonds. The van der Waals surface area contributed by atoms with Crippen LogP contribution in [0.3, 0.4) is 0 Å². The molecule has 3 N–H and O–H groups in total. The summed E-state index contributed by atoms with van der Waals surface area (Å²) in [7, 11) is 5.34. The molecular formula is C32H32F5N5O4. The Morgan fingerprint density at radius 2 is 1.72 bits per heavy atom. The van der Waals surface area contributed by atoms with Crippen LogP contribution in [0, 0.1) is 18.6 Å². The predicted octanol–water partition coefficient (Wildman–Crippen LogP) is 5.43. The van der Waals surface area contributed by atoms with E-state index in [1.54, 1.807) is 37.4 Å². The van der Waals surface area contributed by atoms with E-state index < -0.39 is 59.4 Å². The number of nitrogens with zero attached hydrogens (tertiary/aromatic N) is 3. The number of carboxylic acids is 1. The van der Waals surface area contributed by atoms with Crippen molar-refractivity contribution in [1.29, 1.82) is 0 Å². The number of hydrogen-bond acceptors (Lipinski definition) is 6. The third kappa shape index (κ3) is 6.80. The van der Waals surface area contributed by atoms with E-state index in [9.17, 15) is 41.4 Å². The quantitative estimate of drug-likeness (QED) is 0.197. The summed E-state index contributed by atoms with van der Waals surface area (Å²) in [4.78, 5) is 44.7. The SMILES string of the molecule is CC[C@@H](Nc1cc(F)c(C(=O)N[C@@H](Cc2ccc(-c3cc(N(C)C)c(C)n(C)c3=O)c3ncccc23)C(=O)O)c(F)c1)C(F)(F)F. The second-order valence-electron chi connectivity index (χ2n) is 11.0. The van der Waals surface area contributed by atoms with E-state index in [-0.39, 0.29) is 12.0 Å². The molecule has 0 unspecified atom stereocenters. The summed E-state index contributed by atoms with van der Waals surface area (Å²) in [6.45, 7) is 3.06. The lowest BCUT2D eigenvalue weighted by molar-refractivity contribution is -0.143. The molecule has 0 saturated heterocycles. The highest BCUT2D eigenvalue weighted by Gasteiger charge is 2.38. The average molecular weight is 646 g/mol. The van der Waals surface area contributed by atoms with Gasteiger partial charge in [0, 0.05) is 56.1 Å². The lowest BCUT2D eigenvalue weighted by Gasteiger charge is -2.22. The summed E-state index contributed by atoms with van der Waals surface area (Å²) < 4.78 is 70.6. The van der Waals surface area contributed by atoms with Gasteiger partial charge in [0.25, 0.3) is 11.5 Å². The summed E-state index contributed by atoms with van der Waals surface area (Å²) in [5.74, 6) is -5.86. The van der Waals surface area contributed by atoms with Gasteiger partial charge >= 0.3 is 12.1 Å². The highest BCUT2D eigenvalue weighted by atomic mass is 19.4. The Hall–Kier alpha value is -5.01. The van der Waals surface area contributed by atoms with Crippen LogP contribution in [0.15, 0.2) is 53.5 Å². The van der Waals surface area contributed by atoms with Gasteiger partial charge in [0.05, 0.1) is 16.8 Å². The third-order valence-electron chi connectivity index (χ3n) is 7.76. The van der Waals surface area contributed by atoms with E-state index in [0.29, 0.717) is 39.7 Å². The number of nitrogens with one attached hydrogen (secondary N) is 2. The van der Waals surface area contributed by atoms with Gasteiger partial charge in [-0.15, -0.1) is 0 Å². The van der Waals surface area contributed by atoms with Gasteiger partial charge in [-0.2, -0.15) is 13.2 Å². The molecule has 0 aliphatic carbocycles. The van der Waals surface area contributed by atoms with Gasteiger partial charge in [0.2, 0.25) is 0 Å². The Balaban J connectivity index is 1.67. The minimum atomic E-state index is -4.69. The molecule has 2 heterocycles. The van der Waals surface area contributed by atoms with Crippen molar-refractivity contribution in [3.05, 3.63) is 87.5 Å². The number of alkyl halides is 3. The first-order chi connectivity index (χ1) is 21.5. The van der Waals surface area contributed by atoms with Crippen molar-refractivity contribution < 1.29 is 36.6 Å². The van der Waals surface area contributed by atoms with Crippen LogP contribution >= 0.6 is 0 Å². The number of amides is 1. The van der Waals surface area contributed by atoms with Crippen molar-refractivity contribution in [3.8, 4) is 11.1 Å². The molecular weight excluding hydrogens is 613 g/mol. The van der Waals surface area contributed by atoms with E-state index in [4.69, 9.17) is 0 Å². The maximum atomic E-state index is 14.9. The summed E-state index contributed by atoms with van der Waals surface area (Å²) in [6, 6.07) is 5.57. The fraction of sp³-hybridized carbons (Fsp3) is 0.312. The number of halogens is 5. The molecule has 0 fully saturated rings. The van der Waals surface area contributed by atoms with Gasteiger partial charge in [-0.1, -0.05) is 25.1 Å². The van der Waals surface area contributed by atoms with E-state index in [0.717, 1.165) is 11.4 Å². The molecule has 46 heavy (non-hydrogen) atoms. The van der Waals surface area contributed by atoms with Gasteiger partial charge in [-0.25, -0.2) is 13.6 Å². The van der Waals surface area contributed by atoms with Crippen LogP contribution in [0.4, 0.5) is 33.3 Å². The Morgan fingerprint density at radius 1 is 1.07 bits per heavy atom. The summed E-state index contributed by atoms with van der Waals surface area (Å²) in [6.07, 6.45) is -3.92. The normalized spacial score (nSPS) is 12.9. The minimum Gasteiger partial charge on any atom is -0.480 e. The number of carbonyl (C=O) groups is 2. The van der Waals surface area contributed by atoms with E-state index in [1.807, 2.05) is 31.2 Å². The summed E-state index contributed by atoms with van der Waals surface area (Å²) >= 11 is 0. The van der Waals surface area contributed by atoms with Crippen LogP contribution in [0.1, 0.15) is 35.0 Å². The molecule has 4 aromatic rings. The van der Waals surface area contributed by atoms with Crippen molar-refractivity contribution in [2.45, 2.75) is 44.9 Å². The zero-order valence-electron chi connectivity index (χ0n) is 25.6. The van der Waals surface area contributed by atoms with Crippen LogP contribution < -0.4 is 21.1 Å². The highest BCUT2D eigenvalue weighted by molar-refractivity contribution is 5.99. The molecule has 9 nitrogen and oxygen atoms in total. The molecule has 2 aromatic heterocycles. The van der Waals surface area contributed by atoms with Crippen LogP contribution in [0.2, 0.25) is 0 Å². The van der Waals surface area contributed by atoms with Crippen LogP contribution in [0.25, 0.3) is 22.0 Å². The van der Waals surface area contributed by atoms with E-state index >= 15 is 0 Å². The molecule has 0 aliphatic heterocycles. The van der Waals surface area contributed by atoms with Gasteiger partial charge in [0.15, 0.2) is 0 Å². The number of pyridine rings is 2. The fourth-order valence-electron chi connectivity index (χ4n) is 5.22. The number of aliphatic carboxylic acids is 1. The van der Waals surface area contributed by atoms with Crippen molar-refractivity contribution in [2.24, 2.45) is 7.05 Å². The molecule has 2 aromatic carbocycles. The first kappa shape index (κ1) is 33.9. The van der Waals surface area contributed by atoms with Gasteiger partial charge < -0.3 is 25.2 Å². The maximum absolute atomic E-state index is 14.9. The Kier molecular flexibility index (Phi) is 9.68. The monoisotopic (exact) mass is 645 g/mol. The fourth-order valence-corrected chi connectivity index (χ4v) is 5.22. The van der Waals surface area contributed by atoms with Crippen LogP contribution in [-0.4, -0.2) is 58.9 Å². The van der Waals surface area contributed by atoms with Crippen molar-refractivity contribution in [1.82, 2.24) is 14.9 Å². The number of fused-ring (bicyclic) bond motifs is 1. The number of benzene rings is 2. The van der Waals surface area contributed by atoms with Crippen LogP contribution in [-0.2, 0) is 18.3 Å². The molecule has 0 aliphatic rings. The predicted molar refractivity (Wildman–Crippen MR) is 164 cm³/mol. The maximum Gasteiger partial charge on any atom is 0.408 e. The Bertz CT molecular complexity index is 1850. The highest BCUT2D eigenvalue weighted by Crippen LogP contribution is 2.32. The molecule has 2 atom stereocenters. The first-order valence-electron chi connectivity index (χ1n) is 14.2. The average Bonchev–Trinajstić information content (AvgIpc) is 2.97. The van der Waals surface area contributed by atoms with Gasteiger partial charge in [-0.05, 0) is 43.2 Å². The van der Waals surface area contributed by atoms with Crippen LogP contribution in [0.5, 0.6) is 0 Å². The number of rotatable bonds is 10. The molecule has 0 spiro atoms. The van der Waals surface area contributed by atoms with E-state index in [2.05, 4.69) is 10.3 Å². The summed E-state index contributed by atoms with van der Waals surface area (Å²) in [5, 5.41) is 14.5. The molecule has 0 saturated carbocycles.